The van der Waals surface area contributed by atoms with Crippen LogP contribution in [0.25, 0.3) is 0 Å². The molecule has 0 bridgehead atoms. The Labute approximate surface area is 129 Å². The van der Waals surface area contributed by atoms with E-state index in [2.05, 4.69) is 20.7 Å². The molecule has 0 aliphatic rings. The lowest BCUT2D eigenvalue weighted by atomic mass is 10.3. The quantitative estimate of drug-likeness (QED) is 0.848. The van der Waals surface area contributed by atoms with Gasteiger partial charge < -0.3 is 0 Å². The second kappa shape index (κ2) is 5.71. The lowest BCUT2D eigenvalue weighted by molar-refractivity contribution is 0.601. The largest absolute Gasteiger partial charge is 0.280 e. The fourth-order valence-corrected chi connectivity index (χ4v) is 3.68. The van der Waals surface area contributed by atoms with Crippen LogP contribution in [0.1, 0.15) is 0 Å². The summed E-state index contributed by atoms with van der Waals surface area (Å²) in [6.07, 6.45) is 0. The number of sulfonamides is 1. The number of hydrogen-bond donors (Lipinski definition) is 1. The zero-order valence-corrected chi connectivity index (χ0v) is 13.3. The van der Waals surface area contributed by atoms with Crippen LogP contribution >= 0.6 is 39.1 Å². The van der Waals surface area contributed by atoms with Crippen LogP contribution in [0.4, 0.5) is 5.69 Å². The maximum absolute atomic E-state index is 12.2. The molecule has 1 N–H and O–H groups in total. The highest BCUT2D eigenvalue weighted by Gasteiger charge is 2.18. The predicted octanol–water partition coefficient (Wildman–Crippen LogP) is 4.56. The molecule has 0 fully saturated rings. The van der Waals surface area contributed by atoms with Gasteiger partial charge in [0.15, 0.2) is 0 Å². The SMILES string of the molecule is O=S(=O)(Nc1cccc(Br)c1)c1ccc(Cl)cc1Cl. The smallest absolute Gasteiger partial charge is 0.263 e. The van der Waals surface area contributed by atoms with Gasteiger partial charge in [-0.2, -0.15) is 0 Å². The molecule has 100 valence electrons. The van der Waals surface area contributed by atoms with E-state index in [9.17, 15) is 8.42 Å². The fraction of sp³-hybridized carbons (Fsp3) is 0. The number of benzene rings is 2. The molecule has 0 aromatic heterocycles. The molecule has 3 nitrogen and oxygen atoms in total. The van der Waals surface area contributed by atoms with Gasteiger partial charge in [-0.1, -0.05) is 45.2 Å². The second-order valence-electron chi connectivity index (χ2n) is 3.69. The van der Waals surface area contributed by atoms with Crippen molar-refractivity contribution < 1.29 is 8.42 Å². The average molecular weight is 381 g/mol. The van der Waals surface area contributed by atoms with Crippen molar-refractivity contribution in [3.8, 4) is 0 Å². The molecule has 0 atom stereocenters. The molecule has 0 saturated carbocycles. The monoisotopic (exact) mass is 379 g/mol. The Bertz CT molecular complexity index is 719. The van der Waals surface area contributed by atoms with Gasteiger partial charge >= 0.3 is 0 Å². The van der Waals surface area contributed by atoms with Gasteiger partial charge in [-0.15, -0.1) is 0 Å². The van der Waals surface area contributed by atoms with Crippen molar-refractivity contribution in [3.63, 3.8) is 0 Å². The molecule has 0 unspecified atom stereocenters. The van der Waals surface area contributed by atoms with Crippen LogP contribution < -0.4 is 4.72 Å². The average Bonchev–Trinajstić information content (AvgIpc) is 2.27. The first-order valence-electron chi connectivity index (χ1n) is 5.12. The normalized spacial score (nSPS) is 11.3. The van der Waals surface area contributed by atoms with Gasteiger partial charge in [0.2, 0.25) is 0 Å². The van der Waals surface area contributed by atoms with E-state index >= 15 is 0 Å². The molecular formula is C12H8BrCl2NO2S. The molecule has 0 amide bonds. The number of nitrogens with one attached hydrogen (secondary N) is 1. The summed E-state index contributed by atoms with van der Waals surface area (Å²) in [5.41, 5.74) is 0.445. The minimum atomic E-state index is -3.74. The van der Waals surface area contributed by atoms with Gasteiger partial charge in [-0.3, -0.25) is 4.72 Å². The van der Waals surface area contributed by atoms with E-state index in [0.29, 0.717) is 10.7 Å². The lowest BCUT2D eigenvalue weighted by Gasteiger charge is -2.09. The van der Waals surface area contributed by atoms with Crippen molar-refractivity contribution in [1.29, 1.82) is 0 Å². The fourth-order valence-electron chi connectivity index (χ4n) is 1.46. The molecular weight excluding hydrogens is 373 g/mol. The molecule has 0 aliphatic heterocycles. The highest BCUT2D eigenvalue weighted by atomic mass is 79.9. The number of hydrogen-bond acceptors (Lipinski definition) is 2. The topological polar surface area (TPSA) is 46.2 Å². The number of anilines is 1. The molecule has 0 radical (unpaired) electrons. The van der Waals surface area contributed by atoms with Crippen molar-refractivity contribution in [1.82, 2.24) is 0 Å². The Hall–Kier alpha value is -0.750. The third-order valence-corrected chi connectivity index (χ3v) is 4.85. The van der Waals surface area contributed by atoms with Crippen molar-refractivity contribution >= 4 is 54.8 Å². The van der Waals surface area contributed by atoms with E-state index in [1.807, 2.05) is 0 Å². The predicted molar refractivity (Wildman–Crippen MR) is 81.4 cm³/mol. The summed E-state index contributed by atoms with van der Waals surface area (Å²) in [5, 5.41) is 0.460. The van der Waals surface area contributed by atoms with Crippen LogP contribution in [0.3, 0.4) is 0 Å². The van der Waals surface area contributed by atoms with E-state index in [0.717, 1.165) is 4.47 Å². The molecule has 7 heteroatoms. The Balaban J connectivity index is 2.38. The van der Waals surface area contributed by atoms with E-state index in [1.54, 1.807) is 24.3 Å². The second-order valence-corrected chi connectivity index (χ2v) is 7.10. The van der Waals surface area contributed by atoms with Gasteiger partial charge in [0, 0.05) is 15.2 Å². The van der Waals surface area contributed by atoms with Gasteiger partial charge in [0.25, 0.3) is 10.0 Å². The van der Waals surface area contributed by atoms with Crippen LogP contribution in [0.2, 0.25) is 10.0 Å². The summed E-state index contributed by atoms with van der Waals surface area (Å²) >= 11 is 14.9. The molecule has 0 spiro atoms. The van der Waals surface area contributed by atoms with Crippen molar-refractivity contribution in [2.24, 2.45) is 0 Å². The summed E-state index contributed by atoms with van der Waals surface area (Å²) in [6, 6.07) is 11.1. The van der Waals surface area contributed by atoms with Gasteiger partial charge in [-0.05, 0) is 36.4 Å². The first kappa shape index (κ1) is 14.7. The molecule has 2 rings (SSSR count). The summed E-state index contributed by atoms with van der Waals surface area (Å²) in [5.74, 6) is 0. The minimum absolute atomic E-state index is 0.0152. The summed E-state index contributed by atoms with van der Waals surface area (Å²) in [7, 11) is -3.74. The molecule has 2 aromatic carbocycles. The first-order valence-corrected chi connectivity index (χ1v) is 8.15. The first-order chi connectivity index (χ1) is 8.88. The van der Waals surface area contributed by atoms with E-state index in [4.69, 9.17) is 23.2 Å². The van der Waals surface area contributed by atoms with Crippen LogP contribution in [0, 0.1) is 0 Å². The maximum atomic E-state index is 12.2. The Morgan fingerprint density at radius 2 is 1.79 bits per heavy atom. The zero-order valence-electron chi connectivity index (χ0n) is 9.40. The highest BCUT2D eigenvalue weighted by Crippen LogP contribution is 2.27. The summed E-state index contributed by atoms with van der Waals surface area (Å²) in [4.78, 5) is -0.0152. The Morgan fingerprint density at radius 3 is 2.42 bits per heavy atom. The van der Waals surface area contributed by atoms with Crippen molar-refractivity contribution in [3.05, 3.63) is 57.0 Å². The van der Waals surface area contributed by atoms with Gasteiger partial charge in [-0.25, -0.2) is 8.42 Å². The van der Waals surface area contributed by atoms with Crippen LogP contribution in [-0.4, -0.2) is 8.42 Å². The third-order valence-electron chi connectivity index (χ3n) is 2.26. The minimum Gasteiger partial charge on any atom is -0.280 e. The molecule has 0 saturated heterocycles. The lowest BCUT2D eigenvalue weighted by Crippen LogP contribution is -2.13. The van der Waals surface area contributed by atoms with Gasteiger partial charge in [0.05, 0.1) is 5.02 Å². The Kier molecular flexibility index (Phi) is 4.40. The maximum Gasteiger partial charge on any atom is 0.263 e. The highest BCUT2D eigenvalue weighted by molar-refractivity contribution is 9.10. The van der Waals surface area contributed by atoms with E-state index < -0.39 is 10.0 Å². The van der Waals surface area contributed by atoms with E-state index in [1.165, 1.54) is 18.2 Å². The number of halogens is 3. The van der Waals surface area contributed by atoms with Crippen LogP contribution in [0.5, 0.6) is 0 Å². The third kappa shape index (κ3) is 3.63. The van der Waals surface area contributed by atoms with Crippen LogP contribution in [0.15, 0.2) is 51.8 Å². The Morgan fingerprint density at radius 1 is 1.05 bits per heavy atom. The summed E-state index contributed by atoms with van der Waals surface area (Å²) < 4.78 is 27.6. The molecule has 2 aromatic rings. The standard InChI is InChI=1S/C12H8BrCl2NO2S/c13-8-2-1-3-10(6-8)16-19(17,18)12-5-4-9(14)7-11(12)15/h1-7,16H. The molecule has 19 heavy (non-hydrogen) atoms. The van der Waals surface area contributed by atoms with Crippen molar-refractivity contribution in [2.75, 3.05) is 4.72 Å². The van der Waals surface area contributed by atoms with Gasteiger partial charge in [0.1, 0.15) is 4.90 Å². The number of rotatable bonds is 3. The summed E-state index contributed by atoms with van der Waals surface area (Å²) in [6.45, 7) is 0. The molecule has 0 aliphatic carbocycles. The molecule has 0 heterocycles. The zero-order chi connectivity index (χ0) is 14.0. The van der Waals surface area contributed by atoms with E-state index in [-0.39, 0.29) is 9.92 Å². The van der Waals surface area contributed by atoms with Crippen molar-refractivity contribution in [2.45, 2.75) is 4.90 Å². The van der Waals surface area contributed by atoms with Crippen LogP contribution in [-0.2, 0) is 10.0 Å².